The van der Waals surface area contributed by atoms with Gasteiger partial charge in [-0.1, -0.05) is 12.1 Å². The van der Waals surface area contributed by atoms with E-state index in [4.69, 9.17) is 4.98 Å². The predicted molar refractivity (Wildman–Crippen MR) is 138 cm³/mol. The van der Waals surface area contributed by atoms with Gasteiger partial charge in [0.25, 0.3) is 5.69 Å². The summed E-state index contributed by atoms with van der Waals surface area (Å²) in [6.45, 7) is 8.57. The Hall–Kier alpha value is -4.27. The Morgan fingerprint density at radius 1 is 1.00 bits per heavy atom. The fraction of sp³-hybridized carbons (Fsp3) is 0.296. The standard InChI is InChI=1S/C27H28N6O3/c1-18-8-9-32-23(27(29-25(32)14-18)21-5-4-19(2)20(3)15-21)16-26(34)31-12-10-30(11-13-31)24-7-6-22(17-28-24)33(35)36/h4-9,14-15,17H,10-13,16H2,1-3H3. The van der Waals surface area contributed by atoms with Gasteiger partial charge in [0.2, 0.25) is 5.91 Å². The van der Waals surface area contributed by atoms with Crippen LogP contribution < -0.4 is 4.90 Å². The van der Waals surface area contributed by atoms with E-state index in [1.807, 2.05) is 39.5 Å². The van der Waals surface area contributed by atoms with Gasteiger partial charge in [-0.2, -0.15) is 0 Å². The van der Waals surface area contributed by atoms with Crippen LogP contribution in [0.5, 0.6) is 0 Å². The number of hydrogen-bond acceptors (Lipinski definition) is 6. The van der Waals surface area contributed by atoms with E-state index in [0.29, 0.717) is 32.0 Å². The number of nitrogens with zero attached hydrogens (tertiary/aromatic N) is 6. The fourth-order valence-corrected chi connectivity index (χ4v) is 4.60. The number of benzene rings is 1. The molecule has 0 atom stereocenters. The van der Waals surface area contributed by atoms with Crippen molar-refractivity contribution in [2.45, 2.75) is 27.2 Å². The summed E-state index contributed by atoms with van der Waals surface area (Å²) in [5.41, 5.74) is 7.06. The van der Waals surface area contributed by atoms with Crippen molar-refractivity contribution in [3.8, 4) is 11.3 Å². The molecule has 9 nitrogen and oxygen atoms in total. The predicted octanol–water partition coefficient (Wildman–Crippen LogP) is 4.12. The average molecular weight is 485 g/mol. The largest absolute Gasteiger partial charge is 0.353 e. The summed E-state index contributed by atoms with van der Waals surface area (Å²) in [6, 6.07) is 13.5. The summed E-state index contributed by atoms with van der Waals surface area (Å²) in [4.78, 5) is 36.9. The molecule has 1 aliphatic heterocycles. The molecule has 0 N–H and O–H groups in total. The molecule has 5 rings (SSSR count). The third-order valence-electron chi connectivity index (χ3n) is 6.88. The molecule has 0 radical (unpaired) electrons. The molecule has 0 aliphatic carbocycles. The van der Waals surface area contributed by atoms with Crippen LogP contribution in [0.15, 0.2) is 54.9 Å². The van der Waals surface area contributed by atoms with Crippen molar-refractivity contribution in [3.63, 3.8) is 0 Å². The molecule has 36 heavy (non-hydrogen) atoms. The lowest BCUT2D eigenvalue weighted by Gasteiger charge is -2.35. The van der Waals surface area contributed by atoms with Crippen molar-refractivity contribution >= 4 is 23.1 Å². The molecular weight excluding hydrogens is 456 g/mol. The fourth-order valence-electron chi connectivity index (χ4n) is 4.60. The van der Waals surface area contributed by atoms with Crippen LogP contribution in [-0.4, -0.2) is 56.3 Å². The first kappa shape index (κ1) is 23.5. The second kappa shape index (κ2) is 9.41. The summed E-state index contributed by atoms with van der Waals surface area (Å²) >= 11 is 0. The number of hydrogen-bond donors (Lipinski definition) is 0. The Morgan fingerprint density at radius 2 is 1.78 bits per heavy atom. The van der Waals surface area contributed by atoms with E-state index >= 15 is 0 Å². The number of piperazine rings is 1. The molecule has 9 heteroatoms. The average Bonchev–Trinajstić information content (AvgIpc) is 3.23. The van der Waals surface area contributed by atoms with Crippen LogP contribution in [0.3, 0.4) is 0 Å². The molecule has 0 unspecified atom stereocenters. The van der Waals surface area contributed by atoms with Gasteiger partial charge >= 0.3 is 0 Å². The molecule has 0 saturated carbocycles. The van der Waals surface area contributed by atoms with Crippen molar-refractivity contribution in [2.75, 3.05) is 31.1 Å². The Morgan fingerprint density at radius 3 is 2.44 bits per heavy atom. The van der Waals surface area contributed by atoms with Crippen LogP contribution in [0.4, 0.5) is 11.5 Å². The molecule has 0 spiro atoms. The number of pyridine rings is 2. The molecule has 3 aromatic heterocycles. The van der Waals surface area contributed by atoms with Gasteiger partial charge in [0.15, 0.2) is 0 Å². The van der Waals surface area contributed by atoms with Crippen LogP contribution in [0, 0.1) is 30.9 Å². The number of imidazole rings is 1. The number of aryl methyl sites for hydroxylation is 3. The minimum atomic E-state index is -0.457. The Balaban J connectivity index is 1.36. The lowest BCUT2D eigenvalue weighted by atomic mass is 10.0. The Kier molecular flexibility index (Phi) is 6.13. The summed E-state index contributed by atoms with van der Waals surface area (Å²) in [7, 11) is 0. The molecule has 1 amide bonds. The molecular formula is C27H28N6O3. The molecule has 1 aromatic carbocycles. The first-order valence-corrected chi connectivity index (χ1v) is 12.0. The summed E-state index contributed by atoms with van der Waals surface area (Å²) in [5.74, 6) is 0.737. The van der Waals surface area contributed by atoms with Crippen LogP contribution in [0.25, 0.3) is 16.9 Å². The van der Waals surface area contributed by atoms with Crippen molar-refractivity contribution in [2.24, 2.45) is 0 Å². The van der Waals surface area contributed by atoms with Gasteiger partial charge in [-0.15, -0.1) is 0 Å². The van der Waals surface area contributed by atoms with Gasteiger partial charge in [-0.05, 0) is 61.7 Å². The SMILES string of the molecule is Cc1ccn2c(CC(=O)N3CCN(c4ccc([N+](=O)[O-])cn4)CC3)c(-c3ccc(C)c(C)c3)nc2c1. The van der Waals surface area contributed by atoms with Gasteiger partial charge in [-0.25, -0.2) is 9.97 Å². The van der Waals surface area contributed by atoms with Crippen molar-refractivity contribution in [1.82, 2.24) is 19.3 Å². The zero-order chi connectivity index (χ0) is 25.4. The monoisotopic (exact) mass is 484 g/mol. The van der Waals surface area contributed by atoms with E-state index in [0.717, 1.165) is 28.2 Å². The van der Waals surface area contributed by atoms with Gasteiger partial charge in [0.05, 0.1) is 22.7 Å². The van der Waals surface area contributed by atoms with Crippen molar-refractivity contribution < 1.29 is 9.72 Å². The van der Waals surface area contributed by atoms with Crippen molar-refractivity contribution in [1.29, 1.82) is 0 Å². The second-order valence-electron chi connectivity index (χ2n) is 9.31. The minimum Gasteiger partial charge on any atom is -0.353 e. The number of nitro groups is 1. The molecule has 1 aliphatic rings. The van der Waals surface area contributed by atoms with Crippen LogP contribution in [-0.2, 0) is 11.2 Å². The van der Waals surface area contributed by atoms with Gasteiger partial charge in [0, 0.05) is 44.0 Å². The second-order valence-corrected chi connectivity index (χ2v) is 9.31. The van der Waals surface area contributed by atoms with Crippen LogP contribution in [0.1, 0.15) is 22.4 Å². The van der Waals surface area contributed by atoms with E-state index in [1.165, 1.54) is 23.4 Å². The first-order valence-electron chi connectivity index (χ1n) is 12.0. The molecule has 1 fully saturated rings. The zero-order valence-corrected chi connectivity index (χ0v) is 20.6. The first-order chi connectivity index (χ1) is 17.3. The quantitative estimate of drug-likeness (QED) is 0.312. The lowest BCUT2D eigenvalue weighted by molar-refractivity contribution is -0.385. The number of amides is 1. The summed E-state index contributed by atoms with van der Waals surface area (Å²) < 4.78 is 2.02. The van der Waals surface area contributed by atoms with Crippen LogP contribution in [0.2, 0.25) is 0 Å². The number of anilines is 1. The highest BCUT2D eigenvalue weighted by atomic mass is 16.6. The maximum atomic E-state index is 13.4. The third-order valence-corrected chi connectivity index (χ3v) is 6.88. The van der Waals surface area contributed by atoms with E-state index < -0.39 is 4.92 Å². The number of carbonyl (C=O) groups excluding carboxylic acids is 1. The maximum Gasteiger partial charge on any atom is 0.287 e. The highest BCUT2D eigenvalue weighted by Crippen LogP contribution is 2.28. The number of carbonyl (C=O) groups is 1. The summed E-state index contributed by atoms with van der Waals surface area (Å²) in [6.07, 6.45) is 3.51. The highest BCUT2D eigenvalue weighted by molar-refractivity contribution is 5.82. The molecule has 4 heterocycles. The molecule has 0 bridgehead atoms. The van der Waals surface area contributed by atoms with Gasteiger partial charge in [0.1, 0.15) is 17.7 Å². The summed E-state index contributed by atoms with van der Waals surface area (Å²) in [5, 5.41) is 10.9. The number of rotatable bonds is 5. The third kappa shape index (κ3) is 4.51. The lowest BCUT2D eigenvalue weighted by Crippen LogP contribution is -2.49. The minimum absolute atomic E-state index is 0.0321. The van der Waals surface area contributed by atoms with Gasteiger partial charge in [-0.3, -0.25) is 14.9 Å². The number of fused-ring (bicyclic) bond motifs is 1. The Labute approximate surface area is 209 Å². The molecule has 184 valence electrons. The normalized spacial score (nSPS) is 13.9. The van der Waals surface area contributed by atoms with E-state index in [1.54, 1.807) is 6.07 Å². The van der Waals surface area contributed by atoms with Crippen LogP contribution >= 0.6 is 0 Å². The number of aromatic nitrogens is 3. The Bertz CT molecular complexity index is 1450. The van der Waals surface area contributed by atoms with Crippen molar-refractivity contribution in [3.05, 3.63) is 87.4 Å². The molecule has 4 aromatic rings. The topological polar surface area (TPSA) is 96.9 Å². The zero-order valence-electron chi connectivity index (χ0n) is 20.6. The maximum absolute atomic E-state index is 13.4. The van der Waals surface area contributed by atoms with E-state index in [9.17, 15) is 14.9 Å². The highest BCUT2D eigenvalue weighted by Gasteiger charge is 2.25. The smallest absolute Gasteiger partial charge is 0.287 e. The molecule has 1 saturated heterocycles. The van der Waals surface area contributed by atoms with E-state index in [-0.39, 0.29) is 18.0 Å². The van der Waals surface area contributed by atoms with Gasteiger partial charge < -0.3 is 14.2 Å². The van der Waals surface area contributed by atoms with E-state index in [2.05, 4.69) is 37.0 Å².